The molecule has 1 aromatic heterocycles. The molecule has 4 heteroatoms. The van der Waals surface area contributed by atoms with Gasteiger partial charge in [-0.05, 0) is 22.0 Å². The summed E-state index contributed by atoms with van der Waals surface area (Å²) in [5, 5.41) is 7.08. The van der Waals surface area contributed by atoms with E-state index in [4.69, 9.17) is 11.1 Å². The third-order valence-corrected chi connectivity index (χ3v) is 1.75. The zero-order valence-electron chi connectivity index (χ0n) is 5.13. The SMILES string of the molecule is N=C(N)c1cnccc1Br. The van der Waals surface area contributed by atoms with Gasteiger partial charge in [0.1, 0.15) is 5.84 Å². The number of hydrogen-bond acceptors (Lipinski definition) is 2. The van der Waals surface area contributed by atoms with Crippen molar-refractivity contribution < 1.29 is 0 Å². The van der Waals surface area contributed by atoms with Crippen molar-refractivity contribution in [2.75, 3.05) is 0 Å². The first kappa shape index (κ1) is 7.21. The minimum Gasteiger partial charge on any atom is -0.384 e. The molecule has 0 aliphatic heterocycles. The molecule has 1 rings (SSSR count). The Morgan fingerprint density at radius 1 is 1.70 bits per heavy atom. The summed E-state index contributed by atoms with van der Waals surface area (Å²) in [5.41, 5.74) is 5.86. The highest BCUT2D eigenvalue weighted by molar-refractivity contribution is 9.10. The summed E-state index contributed by atoms with van der Waals surface area (Å²) in [7, 11) is 0. The van der Waals surface area contributed by atoms with Crippen molar-refractivity contribution in [3.05, 3.63) is 28.5 Å². The number of rotatable bonds is 1. The number of amidine groups is 1. The third kappa shape index (κ3) is 1.33. The highest BCUT2D eigenvalue weighted by Crippen LogP contribution is 2.12. The third-order valence-electron chi connectivity index (χ3n) is 1.06. The van der Waals surface area contributed by atoms with Gasteiger partial charge in [-0.25, -0.2) is 0 Å². The number of nitrogens with two attached hydrogens (primary N) is 1. The summed E-state index contributed by atoms with van der Waals surface area (Å²) in [6.45, 7) is 0. The molecule has 0 aliphatic carbocycles. The van der Waals surface area contributed by atoms with Gasteiger partial charge in [0.15, 0.2) is 0 Å². The second kappa shape index (κ2) is 2.79. The quantitative estimate of drug-likeness (QED) is 0.527. The summed E-state index contributed by atoms with van der Waals surface area (Å²) < 4.78 is 0.801. The molecule has 0 saturated carbocycles. The maximum absolute atomic E-state index is 7.08. The summed E-state index contributed by atoms with van der Waals surface area (Å²) in [6.07, 6.45) is 3.18. The van der Waals surface area contributed by atoms with Crippen LogP contribution in [-0.4, -0.2) is 10.8 Å². The van der Waals surface area contributed by atoms with Gasteiger partial charge >= 0.3 is 0 Å². The smallest absolute Gasteiger partial charge is 0.125 e. The standard InChI is InChI=1S/C6H6BrN3/c7-5-1-2-10-3-4(5)6(8)9/h1-3H,(H3,8,9). The molecule has 52 valence electrons. The molecule has 10 heavy (non-hydrogen) atoms. The Kier molecular flexibility index (Phi) is 2.01. The van der Waals surface area contributed by atoms with Gasteiger partial charge in [0.25, 0.3) is 0 Å². The molecule has 0 amide bonds. The van der Waals surface area contributed by atoms with Crippen LogP contribution in [0.3, 0.4) is 0 Å². The van der Waals surface area contributed by atoms with Crippen LogP contribution in [0.4, 0.5) is 0 Å². The lowest BCUT2D eigenvalue weighted by Gasteiger charge is -1.97. The molecule has 1 aromatic rings. The molecule has 3 N–H and O–H groups in total. The Balaban J connectivity index is 3.15. The molecule has 1 heterocycles. The van der Waals surface area contributed by atoms with Gasteiger partial charge in [-0.1, -0.05) is 0 Å². The minimum atomic E-state index is 0.0278. The van der Waals surface area contributed by atoms with Crippen molar-refractivity contribution in [2.24, 2.45) is 5.73 Å². The van der Waals surface area contributed by atoms with E-state index in [9.17, 15) is 0 Å². The van der Waals surface area contributed by atoms with Crippen LogP contribution in [0.2, 0.25) is 0 Å². The maximum Gasteiger partial charge on any atom is 0.125 e. The molecule has 3 nitrogen and oxygen atoms in total. The van der Waals surface area contributed by atoms with E-state index >= 15 is 0 Å². The van der Waals surface area contributed by atoms with Crippen LogP contribution in [0.1, 0.15) is 5.56 Å². The summed E-state index contributed by atoms with van der Waals surface area (Å²) in [5.74, 6) is 0.0278. The highest BCUT2D eigenvalue weighted by atomic mass is 79.9. The Morgan fingerprint density at radius 3 is 2.80 bits per heavy atom. The zero-order valence-corrected chi connectivity index (χ0v) is 6.72. The van der Waals surface area contributed by atoms with Gasteiger partial charge < -0.3 is 5.73 Å². The van der Waals surface area contributed by atoms with Gasteiger partial charge in [-0.3, -0.25) is 10.4 Å². The summed E-state index contributed by atoms with van der Waals surface area (Å²) in [6, 6.07) is 1.75. The van der Waals surface area contributed by atoms with Gasteiger partial charge in [-0.15, -0.1) is 0 Å². The lowest BCUT2D eigenvalue weighted by atomic mass is 10.3. The Bertz CT molecular complexity index is 259. The number of nitrogens with one attached hydrogen (secondary N) is 1. The average molecular weight is 200 g/mol. The topological polar surface area (TPSA) is 62.8 Å². The fraction of sp³-hybridized carbons (Fsp3) is 0. The maximum atomic E-state index is 7.08. The molecule has 0 atom stereocenters. The van der Waals surface area contributed by atoms with E-state index < -0.39 is 0 Å². The second-order valence-electron chi connectivity index (χ2n) is 1.77. The van der Waals surface area contributed by atoms with E-state index in [0.29, 0.717) is 5.56 Å². The van der Waals surface area contributed by atoms with Crippen LogP contribution in [0.25, 0.3) is 0 Å². The first-order valence-corrected chi connectivity index (χ1v) is 3.45. The van der Waals surface area contributed by atoms with E-state index in [1.807, 2.05) is 0 Å². The van der Waals surface area contributed by atoms with Crippen molar-refractivity contribution in [1.29, 1.82) is 5.41 Å². The number of halogens is 1. The van der Waals surface area contributed by atoms with Crippen molar-refractivity contribution in [2.45, 2.75) is 0 Å². The molecule has 0 radical (unpaired) electrons. The van der Waals surface area contributed by atoms with Crippen molar-refractivity contribution >= 4 is 21.8 Å². The van der Waals surface area contributed by atoms with Crippen LogP contribution >= 0.6 is 15.9 Å². The first-order valence-electron chi connectivity index (χ1n) is 2.65. The number of nitrogens with zero attached hydrogens (tertiary/aromatic N) is 1. The fourth-order valence-corrected chi connectivity index (χ4v) is 1.01. The predicted molar refractivity (Wildman–Crippen MR) is 43.0 cm³/mol. The van der Waals surface area contributed by atoms with Gasteiger partial charge in [0.05, 0.1) is 0 Å². The van der Waals surface area contributed by atoms with Crippen LogP contribution in [0.15, 0.2) is 22.9 Å². The van der Waals surface area contributed by atoms with Crippen molar-refractivity contribution in [3.8, 4) is 0 Å². The lowest BCUT2D eigenvalue weighted by Crippen LogP contribution is -2.11. The number of nitrogen functional groups attached to an aromatic ring is 1. The Morgan fingerprint density at radius 2 is 2.40 bits per heavy atom. The van der Waals surface area contributed by atoms with Crippen molar-refractivity contribution in [1.82, 2.24) is 4.98 Å². The Labute approximate surface area is 66.9 Å². The monoisotopic (exact) mass is 199 g/mol. The predicted octanol–water partition coefficient (Wildman–Crippen LogP) is 1.13. The average Bonchev–Trinajstić information content (AvgIpc) is 1.88. The van der Waals surface area contributed by atoms with E-state index in [-0.39, 0.29) is 5.84 Å². The van der Waals surface area contributed by atoms with Crippen LogP contribution in [-0.2, 0) is 0 Å². The minimum absolute atomic E-state index is 0.0278. The number of pyridine rings is 1. The summed E-state index contributed by atoms with van der Waals surface area (Å²) in [4.78, 5) is 3.82. The molecule has 0 unspecified atom stereocenters. The zero-order chi connectivity index (χ0) is 7.56. The van der Waals surface area contributed by atoms with Crippen LogP contribution in [0, 0.1) is 5.41 Å². The number of aromatic nitrogens is 1. The van der Waals surface area contributed by atoms with E-state index in [0.717, 1.165) is 4.47 Å². The van der Waals surface area contributed by atoms with Crippen molar-refractivity contribution in [3.63, 3.8) is 0 Å². The molecule has 0 fully saturated rings. The number of hydrogen-bond donors (Lipinski definition) is 2. The lowest BCUT2D eigenvalue weighted by molar-refractivity contribution is 1.28. The molecule has 0 spiro atoms. The molecule has 0 aromatic carbocycles. The van der Waals surface area contributed by atoms with E-state index in [2.05, 4.69) is 20.9 Å². The van der Waals surface area contributed by atoms with Crippen LogP contribution in [0.5, 0.6) is 0 Å². The van der Waals surface area contributed by atoms with E-state index in [1.165, 1.54) is 0 Å². The van der Waals surface area contributed by atoms with E-state index in [1.54, 1.807) is 18.5 Å². The fourth-order valence-electron chi connectivity index (χ4n) is 0.576. The molecule has 0 bridgehead atoms. The van der Waals surface area contributed by atoms with Crippen LogP contribution < -0.4 is 5.73 Å². The molecular formula is C6H6BrN3. The largest absolute Gasteiger partial charge is 0.384 e. The molecule has 0 saturated heterocycles. The Hall–Kier alpha value is -0.900. The van der Waals surface area contributed by atoms with Gasteiger partial charge in [0.2, 0.25) is 0 Å². The first-order chi connectivity index (χ1) is 4.72. The van der Waals surface area contributed by atoms with Gasteiger partial charge in [0, 0.05) is 22.4 Å². The molecular weight excluding hydrogens is 194 g/mol. The summed E-state index contributed by atoms with van der Waals surface area (Å²) >= 11 is 3.24. The normalized spacial score (nSPS) is 9.30. The second-order valence-corrected chi connectivity index (χ2v) is 2.62. The van der Waals surface area contributed by atoms with Gasteiger partial charge in [-0.2, -0.15) is 0 Å². The molecule has 0 aliphatic rings. The highest BCUT2D eigenvalue weighted by Gasteiger charge is 1.99.